The molecule has 1 amide bonds. The standard InChI is InChI=1S/C18H20N2O2S/c1-12(2)13-6-5-7-14(10-13)22-11-17(21)20-16-9-4-3-8-15(16)18(19)23/h3-10,12H,11H2,1-2H3,(H2,19,23)(H,20,21). The molecule has 0 aliphatic heterocycles. The van der Waals surface area contributed by atoms with E-state index >= 15 is 0 Å². The summed E-state index contributed by atoms with van der Waals surface area (Å²) in [5.74, 6) is 0.822. The van der Waals surface area contributed by atoms with Crippen LogP contribution in [0.15, 0.2) is 48.5 Å². The third kappa shape index (κ3) is 4.79. The van der Waals surface area contributed by atoms with Crippen LogP contribution in [0.4, 0.5) is 5.69 Å². The predicted molar refractivity (Wildman–Crippen MR) is 97.0 cm³/mol. The number of ether oxygens (including phenoxy) is 1. The van der Waals surface area contributed by atoms with Crippen LogP contribution in [0.5, 0.6) is 5.75 Å². The van der Waals surface area contributed by atoms with Gasteiger partial charge in [0.2, 0.25) is 0 Å². The molecule has 0 atom stereocenters. The van der Waals surface area contributed by atoms with Gasteiger partial charge in [-0.05, 0) is 35.7 Å². The van der Waals surface area contributed by atoms with Crippen LogP contribution in [0.25, 0.3) is 0 Å². The predicted octanol–water partition coefficient (Wildman–Crippen LogP) is 3.46. The van der Waals surface area contributed by atoms with Crippen molar-refractivity contribution in [2.75, 3.05) is 11.9 Å². The fourth-order valence-electron chi connectivity index (χ4n) is 2.11. The van der Waals surface area contributed by atoms with Crippen LogP contribution < -0.4 is 15.8 Å². The summed E-state index contributed by atoms with van der Waals surface area (Å²) in [6.45, 7) is 4.14. The maximum absolute atomic E-state index is 12.1. The van der Waals surface area contributed by atoms with Crippen LogP contribution in [0, 0.1) is 0 Å². The van der Waals surface area contributed by atoms with E-state index in [9.17, 15) is 4.79 Å². The van der Waals surface area contributed by atoms with Crippen LogP contribution >= 0.6 is 12.2 Å². The highest BCUT2D eigenvalue weighted by Crippen LogP contribution is 2.20. The first-order valence-electron chi connectivity index (χ1n) is 7.39. The molecule has 2 rings (SSSR count). The molecule has 5 heteroatoms. The highest BCUT2D eigenvalue weighted by atomic mass is 32.1. The molecule has 0 spiro atoms. The summed E-state index contributed by atoms with van der Waals surface area (Å²) in [5.41, 5.74) is 8.04. The number of hydrogen-bond acceptors (Lipinski definition) is 3. The second-order valence-electron chi connectivity index (χ2n) is 5.47. The zero-order chi connectivity index (χ0) is 16.8. The quantitative estimate of drug-likeness (QED) is 0.797. The van der Waals surface area contributed by atoms with Crippen LogP contribution in [-0.4, -0.2) is 17.5 Å². The fraction of sp³-hybridized carbons (Fsp3) is 0.222. The molecule has 3 N–H and O–H groups in total. The largest absolute Gasteiger partial charge is 0.484 e. The molecule has 4 nitrogen and oxygen atoms in total. The molecule has 0 aliphatic rings. The van der Waals surface area contributed by atoms with E-state index in [4.69, 9.17) is 22.7 Å². The lowest BCUT2D eigenvalue weighted by Crippen LogP contribution is -2.22. The van der Waals surface area contributed by atoms with Gasteiger partial charge in [0.05, 0.1) is 5.69 Å². The first kappa shape index (κ1) is 17.0. The number of para-hydroxylation sites is 1. The summed E-state index contributed by atoms with van der Waals surface area (Å²) < 4.78 is 5.56. The Labute approximate surface area is 141 Å². The molecule has 23 heavy (non-hydrogen) atoms. The summed E-state index contributed by atoms with van der Waals surface area (Å²) in [7, 11) is 0. The van der Waals surface area contributed by atoms with E-state index in [1.54, 1.807) is 12.1 Å². The molecule has 0 unspecified atom stereocenters. The highest BCUT2D eigenvalue weighted by Gasteiger charge is 2.09. The molecule has 0 saturated heterocycles. The van der Waals surface area contributed by atoms with Gasteiger partial charge in [-0.25, -0.2) is 0 Å². The number of thiocarbonyl (C=S) groups is 1. The molecular formula is C18H20N2O2S. The van der Waals surface area contributed by atoms with Crippen LogP contribution in [0.3, 0.4) is 0 Å². The summed E-state index contributed by atoms with van der Waals surface area (Å²) in [6.07, 6.45) is 0. The number of rotatable bonds is 6. The van der Waals surface area contributed by atoms with Crippen LogP contribution in [-0.2, 0) is 4.79 Å². The summed E-state index contributed by atoms with van der Waals surface area (Å²) in [4.78, 5) is 12.3. The molecule has 0 fully saturated rings. The Morgan fingerprint density at radius 2 is 1.96 bits per heavy atom. The van der Waals surface area contributed by atoms with Crippen molar-refractivity contribution < 1.29 is 9.53 Å². The van der Waals surface area contributed by atoms with Crippen LogP contribution in [0.1, 0.15) is 30.9 Å². The SMILES string of the molecule is CC(C)c1cccc(OCC(=O)Nc2ccccc2C(N)=S)c1. The first-order valence-corrected chi connectivity index (χ1v) is 7.79. The molecule has 0 aliphatic carbocycles. The van der Waals surface area contributed by atoms with E-state index in [2.05, 4.69) is 19.2 Å². The minimum absolute atomic E-state index is 0.0762. The summed E-state index contributed by atoms with van der Waals surface area (Å²) in [6, 6.07) is 14.9. The summed E-state index contributed by atoms with van der Waals surface area (Å²) in [5, 5.41) is 2.77. The van der Waals surface area contributed by atoms with E-state index in [0.29, 0.717) is 22.9 Å². The number of carbonyl (C=O) groups excluding carboxylic acids is 1. The normalized spacial score (nSPS) is 10.4. The van der Waals surface area contributed by atoms with Crippen molar-refractivity contribution in [3.63, 3.8) is 0 Å². The zero-order valence-electron chi connectivity index (χ0n) is 13.2. The molecule has 2 aromatic carbocycles. The lowest BCUT2D eigenvalue weighted by Gasteiger charge is -2.12. The Bertz CT molecular complexity index is 714. The van der Waals surface area contributed by atoms with Crippen molar-refractivity contribution in [2.24, 2.45) is 5.73 Å². The van der Waals surface area contributed by atoms with Gasteiger partial charge < -0.3 is 15.8 Å². The molecule has 120 valence electrons. The number of amides is 1. The van der Waals surface area contributed by atoms with Gasteiger partial charge >= 0.3 is 0 Å². The number of benzene rings is 2. The second kappa shape index (κ2) is 7.74. The monoisotopic (exact) mass is 328 g/mol. The zero-order valence-corrected chi connectivity index (χ0v) is 14.0. The van der Waals surface area contributed by atoms with Crippen molar-refractivity contribution in [1.82, 2.24) is 0 Å². The lowest BCUT2D eigenvalue weighted by molar-refractivity contribution is -0.118. The molecule has 0 saturated carbocycles. The third-order valence-corrected chi connectivity index (χ3v) is 3.58. The second-order valence-corrected chi connectivity index (χ2v) is 5.91. The van der Waals surface area contributed by atoms with Gasteiger partial charge in [0, 0.05) is 5.56 Å². The van der Waals surface area contributed by atoms with Crippen molar-refractivity contribution >= 4 is 28.8 Å². The van der Waals surface area contributed by atoms with E-state index in [0.717, 1.165) is 0 Å². The average molecular weight is 328 g/mol. The molecule has 0 aromatic heterocycles. The van der Waals surface area contributed by atoms with Crippen molar-refractivity contribution in [3.05, 3.63) is 59.7 Å². The molecule has 0 radical (unpaired) electrons. The minimum atomic E-state index is -0.261. The van der Waals surface area contributed by atoms with Crippen molar-refractivity contribution in [1.29, 1.82) is 0 Å². The molecule has 2 aromatic rings. The van der Waals surface area contributed by atoms with Gasteiger partial charge in [0.1, 0.15) is 10.7 Å². The minimum Gasteiger partial charge on any atom is -0.484 e. The topological polar surface area (TPSA) is 64.3 Å². The number of hydrogen-bond donors (Lipinski definition) is 2. The van der Waals surface area contributed by atoms with E-state index in [1.807, 2.05) is 36.4 Å². The van der Waals surface area contributed by atoms with Gasteiger partial charge in [-0.2, -0.15) is 0 Å². The Morgan fingerprint density at radius 1 is 1.22 bits per heavy atom. The van der Waals surface area contributed by atoms with E-state index < -0.39 is 0 Å². The Morgan fingerprint density at radius 3 is 2.65 bits per heavy atom. The maximum Gasteiger partial charge on any atom is 0.262 e. The number of nitrogens with two attached hydrogens (primary N) is 1. The number of carbonyl (C=O) groups is 1. The van der Waals surface area contributed by atoms with Crippen molar-refractivity contribution in [2.45, 2.75) is 19.8 Å². The molecular weight excluding hydrogens is 308 g/mol. The molecule has 0 heterocycles. The Hall–Kier alpha value is -2.40. The lowest BCUT2D eigenvalue weighted by atomic mass is 10.0. The maximum atomic E-state index is 12.1. The van der Waals surface area contributed by atoms with Gasteiger partial charge in [-0.15, -0.1) is 0 Å². The fourth-order valence-corrected chi connectivity index (χ4v) is 2.28. The highest BCUT2D eigenvalue weighted by molar-refractivity contribution is 7.80. The average Bonchev–Trinajstić information content (AvgIpc) is 2.53. The smallest absolute Gasteiger partial charge is 0.262 e. The van der Waals surface area contributed by atoms with Gasteiger partial charge in [-0.1, -0.05) is 50.3 Å². The molecule has 0 bridgehead atoms. The van der Waals surface area contributed by atoms with Gasteiger partial charge in [0.15, 0.2) is 6.61 Å². The number of anilines is 1. The Kier molecular flexibility index (Phi) is 5.71. The number of nitrogens with one attached hydrogen (secondary N) is 1. The third-order valence-electron chi connectivity index (χ3n) is 3.36. The summed E-state index contributed by atoms with van der Waals surface area (Å²) >= 11 is 4.98. The van der Waals surface area contributed by atoms with E-state index in [-0.39, 0.29) is 17.5 Å². The Balaban J connectivity index is 1.98. The first-order chi connectivity index (χ1) is 11.0. The van der Waals surface area contributed by atoms with E-state index in [1.165, 1.54) is 5.56 Å². The van der Waals surface area contributed by atoms with Crippen molar-refractivity contribution in [3.8, 4) is 5.75 Å². The van der Waals surface area contributed by atoms with Gasteiger partial charge in [-0.3, -0.25) is 4.79 Å². The van der Waals surface area contributed by atoms with Gasteiger partial charge in [0.25, 0.3) is 5.91 Å². The van der Waals surface area contributed by atoms with Crippen LogP contribution in [0.2, 0.25) is 0 Å².